The van der Waals surface area contributed by atoms with Crippen LogP contribution in [-0.4, -0.2) is 42.6 Å². The van der Waals surface area contributed by atoms with E-state index in [9.17, 15) is 19.5 Å². The second kappa shape index (κ2) is 6.91. The first-order valence-electron chi connectivity index (χ1n) is 12.2. The fourth-order valence-electron chi connectivity index (χ4n) is 9.17. The van der Waals surface area contributed by atoms with Gasteiger partial charge in [0, 0.05) is 12.8 Å². The quantitative estimate of drug-likeness (QED) is 0.667. The summed E-state index contributed by atoms with van der Waals surface area (Å²) in [5, 5.41) is 11.8. The summed E-state index contributed by atoms with van der Waals surface area (Å²) in [5.74, 6) is 0.182. The van der Waals surface area contributed by atoms with Crippen molar-refractivity contribution in [3.8, 4) is 0 Å². The van der Waals surface area contributed by atoms with E-state index in [2.05, 4.69) is 13.8 Å². The molecule has 0 radical (unpaired) electrons. The maximum absolute atomic E-state index is 13.1. The molecule has 0 aromatic carbocycles. The summed E-state index contributed by atoms with van der Waals surface area (Å²) < 4.78 is 10.1. The van der Waals surface area contributed by atoms with Crippen molar-refractivity contribution < 1.29 is 29.0 Å². The van der Waals surface area contributed by atoms with E-state index in [4.69, 9.17) is 9.47 Å². The molecule has 0 bridgehead atoms. The molecule has 8 atom stereocenters. The summed E-state index contributed by atoms with van der Waals surface area (Å²) in [6, 6.07) is 0. The van der Waals surface area contributed by atoms with Crippen LogP contribution in [0.4, 0.5) is 0 Å². The molecule has 2 unspecified atom stereocenters. The van der Waals surface area contributed by atoms with E-state index < -0.39 is 5.60 Å². The fourth-order valence-corrected chi connectivity index (χ4v) is 9.17. The number of aliphatic hydroxyl groups is 1. The lowest BCUT2D eigenvalue weighted by Crippen LogP contribution is -2.59. The van der Waals surface area contributed by atoms with Crippen molar-refractivity contribution in [1.82, 2.24) is 0 Å². The van der Waals surface area contributed by atoms with Crippen molar-refractivity contribution in [3.05, 3.63) is 11.6 Å². The highest BCUT2D eigenvalue weighted by Crippen LogP contribution is 2.84. The molecule has 4 saturated carbocycles. The number of carbonyl (C=O) groups excluding carboxylic acids is 3. The average Bonchev–Trinajstić information content (AvgIpc) is 3.43. The third kappa shape index (κ3) is 2.59. The predicted octanol–water partition coefficient (Wildman–Crippen LogP) is 3.60. The van der Waals surface area contributed by atoms with Crippen LogP contribution < -0.4 is 0 Å². The Labute approximate surface area is 190 Å². The Morgan fingerprint density at radius 2 is 1.91 bits per heavy atom. The summed E-state index contributed by atoms with van der Waals surface area (Å²) in [4.78, 5) is 37.2. The molecule has 0 aliphatic heterocycles. The SMILES string of the molecule is COC(=O)CC[C@]1(O)CCC2[C@@H]3C(C(=O)OC)CC4=CC(=O)CC[C@]4(C)[C@]34C[C@@H]4C[C@@]21C. The molecule has 32 heavy (non-hydrogen) atoms. The van der Waals surface area contributed by atoms with Crippen LogP contribution in [0.1, 0.15) is 71.6 Å². The third-order valence-corrected chi connectivity index (χ3v) is 10.9. The van der Waals surface area contributed by atoms with Gasteiger partial charge in [-0.25, -0.2) is 0 Å². The summed E-state index contributed by atoms with van der Waals surface area (Å²) in [5.41, 5.74) is -0.181. The highest BCUT2D eigenvalue weighted by atomic mass is 16.5. The van der Waals surface area contributed by atoms with Gasteiger partial charge in [-0.05, 0) is 85.0 Å². The second-order valence-corrected chi connectivity index (χ2v) is 11.6. The lowest BCUT2D eigenvalue weighted by molar-refractivity contribution is -0.172. The van der Waals surface area contributed by atoms with E-state index in [1.807, 2.05) is 6.08 Å². The van der Waals surface area contributed by atoms with Crippen molar-refractivity contribution in [3.63, 3.8) is 0 Å². The molecule has 5 rings (SSSR count). The maximum atomic E-state index is 13.1. The molecule has 6 nitrogen and oxygen atoms in total. The second-order valence-electron chi connectivity index (χ2n) is 11.6. The van der Waals surface area contributed by atoms with E-state index in [1.165, 1.54) is 14.2 Å². The number of ketones is 1. The minimum atomic E-state index is -0.930. The number of hydrogen-bond donors (Lipinski definition) is 1. The van der Waals surface area contributed by atoms with E-state index in [-0.39, 0.29) is 58.1 Å². The van der Waals surface area contributed by atoms with Gasteiger partial charge in [-0.1, -0.05) is 19.4 Å². The Morgan fingerprint density at radius 3 is 2.59 bits per heavy atom. The van der Waals surface area contributed by atoms with E-state index in [0.29, 0.717) is 31.6 Å². The van der Waals surface area contributed by atoms with Crippen LogP contribution in [0.5, 0.6) is 0 Å². The van der Waals surface area contributed by atoms with Crippen molar-refractivity contribution >= 4 is 17.7 Å². The summed E-state index contributed by atoms with van der Waals surface area (Å²) in [6.07, 6.45) is 7.93. The van der Waals surface area contributed by atoms with Crippen LogP contribution in [0.25, 0.3) is 0 Å². The number of hydrogen-bond acceptors (Lipinski definition) is 6. The van der Waals surface area contributed by atoms with Crippen molar-refractivity contribution in [2.75, 3.05) is 14.2 Å². The monoisotopic (exact) mass is 444 g/mol. The first kappa shape index (κ1) is 22.1. The zero-order valence-electron chi connectivity index (χ0n) is 19.7. The number of carbonyl (C=O) groups is 3. The van der Waals surface area contributed by atoms with Crippen LogP contribution in [0, 0.1) is 39.9 Å². The third-order valence-electron chi connectivity index (χ3n) is 10.9. The predicted molar refractivity (Wildman–Crippen MR) is 116 cm³/mol. The lowest BCUT2D eigenvalue weighted by atomic mass is 9.43. The van der Waals surface area contributed by atoms with Gasteiger partial charge in [0.25, 0.3) is 0 Å². The molecule has 0 saturated heterocycles. The normalized spacial score (nSPS) is 48.5. The number of rotatable bonds is 4. The van der Waals surface area contributed by atoms with E-state index in [1.54, 1.807) is 0 Å². The van der Waals surface area contributed by atoms with Gasteiger partial charge in [-0.15, -0.1) is 0 Å². The van der Waals surface area contributed by atoms with Gasteiger partial charge in [0.05, 0.1) is 25.7 Å². The van der Waals surface area contributed by atoms with Crippen molar-refractivity contribution in [2.45, 2.75) is 77.2 Å². The van der Waals surface area contributed by atoms with Crippen LogP contribution in [0.3, 0.4) is 0 Å². The topological polar surface area (TPSA) is 89.9 Å². The molecular formula is C26H36O6. The largest absolute Gasteiger partial charge is 0.469 e. The lowest BCUT2D eigenvalue weighted by Gasteiger charge is -2.61. The van der Waals surface area contributed by atoms with Crippen LogP contribution in [0.15, 0.2) is 11.6 Å². The molecular weight excluding hydrogens is 408 g/mol. The first-order valence-corrected chi connectivity index (χ1v) is 12.2. The minimum absolute atomic E-state index is 0.00835. The molecule has 5 aliphatic rings. The molecule has 1 N–H and O–H groups in total. The number of ether oxygens (including phenoxy) is 2. The molecule has 4 fully saturated rings. The van der Waals surface area contributed by atoms with Crippen LogP contribution in [0.2, 0.25) is 0 Å². The van der Waals surface area contributed by atoms with E-state index in [0.717, 1.165) is 31.3 Å². The Kier molecular flexibility index (Phi) is 4.78. The Morgan fingerprint density at radius 1 is 1.16 bits per heavy atom. The summed E-state index contributed by atoms with van der Waals surface area (Å²) >= 11 is 0. The zero-order valence-corrected chi connectivity index (χ0v) is 19.7. The van der Waals surface area contributed by atoms with Gasteiger partial charge in [0.2, 0.25) is 0 Å². The van der Waals surface area contributed by atoms with Gasteiger partial charge in [0.15, 0.2) is 5.78 Å². The fraction of sp³-hybridized carbons (Fsp3) is 0.808. The van der Waals surface area contributed by atoms with Gasteiger partial charge in [-0.3, -0.25) is 14.4 Å². The first-order chi connectivity index (χ1) is 15.1. The van der Waals surface area contributed by atoms with E-state index >= 15 is 0 Å². The standard InChI is InChI=1S/C26H36O6/c1-23-8-5-17(27)11-15(23)12-18(22(29)32-4)21-19-6-9-25(30,10-7-20(28)31-3)24(19,2)13-16-14-26(16,21)23/h11,16,18-19,21,30H,5-10,12-14H2,1-4H3/t16-,18?,19?,21-,23-,24-,25+,26-/m0/s1. The highest BCUT2D eigenvalue weighted by molar-refractivity contribution is 5.92. The summed E-state index contributed by atoms with van der Waals surface area (Å²) in [6.45, 7) is 4.52. The molecule has 0 aromatic rings. The zero-order chi connectivity index (χ0) is 23.1. The minimum Gasteiger partial charge on any atom is -0.469 e. The number of fused-ring (bicyclic) bond motifs is 3. The maximum Gasteiger partial charge on any atom is 0.309 e. The highest BCUT2D eigenvalue weighted by Gasteiger charge is 2.80. The molecule has 0 heterocycles. The summed E-state index contributed by atoms with van der Waals surface area (Å²) in [7, 11) is 2.84. The van der Waals surface area contributed by atoms with Crippen molar-refractivity contribution in [1.29, 1.82) is 0 Å². The Balaban J connectivity index is 1.56. The van der Waals surface area contributed by atoms with Crippen LogP contribution >= 0.6 is 0 Å². The smallest absolute Gasteiger partial charge is 0.309 e. The molecule has 5 aliphatic carbocycles. The van der Waals surface area contributed by atoms with Crippen LogP contribution in [-0.2, 0) is 23.9 Å². The Bertz CT molecular complexity index is 908. The molecule has 176 valence electrons. The van der Waals surface area contributed by atoms with Gasteiger partial charge >= 0.3 is 11.9 Å². The molecule has 1 spiro atoms. The average molecular weight is 445 g/mol. The van der Waals surface area contributed by atoms with Crippen molar-refractivity contribution in [2.24, 2.45) is 39.9 Å². The number of esters is 2. The molecule has 0 aromatic heterocycles. The molecule has 0 amide bonds. The van der Waals surface area contributed by atoms with Gasteiger partial charge < -0.3 is 14.6 Å². The number of methoxy groups -OCH3 is 2. The number of allylic oxidation sites excluding steroid dienone is 1. The molecule has 6 heteroatoms. The Hall–Kier alpha value is -1.69. The van der Waals surface area contributed by atoms with Gasteiger partial charge in [-0.2, -0.15) is 0 Å². The van der Waals surface area contributed by atoms with Gasteiger partial charge in [0.1, 0.15) is 0 Å².